The molecule has 0 N–H and O–H groups in total. The summed E-state index contributed by atoms with van der Waals surface area (Å²) in [5.74, 6) is 0.169. The van der Waals surface area contributed by atoms with E-state index in [0.29, 0.717) is 38.0 Å². The van der Waals surface area contributed by atoms with Gasteiger partial charge in [-0.05, 0) is 98.6 Å². The van der Waals surface area contributed by atoms with Crippen LogP contribution >= 0.6 is 0 Å². The van der Waals surface area contributed by atoms with E-state index in [1.807, 2.05) is 0 Å². The van der Waals surface area contributed by atoms with Crippen molar-refractivity contribution < 1.29 is 19.3 Å². The second-order valence-corrected chi connectivity index (χ2v) is 12.1. The van der Waals surface area contributed by atoms with Gasteiger partial charge in [-0.2, -0.15) is 0 Å². The highest BCUT2D eigenvalue weighted by molar-refractivity contribution is 5.91. The molecule has 2 aromatic rings. The van der Waals surface area contributed by atoms with E-state index in [2.05, 4.69) is 86.5 Å². The smallest absolute Gasteiger partial charge is 0.349 e. The summed E-state index contributed by atoms with van der Waals surface area (Å²) in [6, 6.07) is 17.5. The zero-order valence-corrected chi connectivity index (χ0v) is 25.8. The molecule has 2 aromatic carbocycles. The van der Waals surface area contributed by atoms with Crippen molar-refractivity contribution in [1.82, 2.24) is 10.1 Å². The van der Waals surface area contributed by atoms with E-state index < -0.39 is 11.9 Å². The van der Waals surface area contributed by atoms with Crippen LogP contribution < -0.4 is 9.80 Å². The molecule has 0 amide bonds. The number of nitrogens with zero attached hydrogens (tertiary/aromatic N) is 4. The van der Waals surface area contributed by atoms with Crippen LogP contribution in [-0.2, 0) is 32.1 Å². The van der Waals surface area contributed by atoms with Crippen molar-refractivity contribution in [3.8, 4) is 0 Å². The Balaban J connectivity index is 1.07. The Morgan fingerprint density at radius 1 is 0.643 bits per heavy atom. The van der Waals surface area contributed by atoms with E-state index in [0.717, 1.165) is 51.4 Å². The van der Waals surface area contributed by atoms with Gasteiger partial charge in [-0.25, -0.2) is 9.59 Å². The molecular formula is C34H48N4O4. The molecule has 4 rings (SSSR count). The van der Waals surface area contributed by atoms with Gasteiger partial charge in [-0.1, -0.05) is 24.3 Å². The summed E-state index contributed by atoms with van der Waals surface area (Å²) < 4.78 is 0. The fraction of sp³-hybridized carbons (Fsp3) is 0.529. The number of benzene rings is 2. The number of hydrogen-bond donors (Lipinski definition) is 0. The number of carbonyl (C=O) groups excluding carboxylic acids is 2. The van der Waals surface area contributed by atoms with Crippen LogP contribution in [0.15, 0.2) is 60.7 Å². The highest BCUT2D eigenvalue weighted by Gasteiger charge is 2.23. The van der Waals surface area contributed by atoms with Crippen LogP contribution in [0.25, 0.3) is 0 Å². The topological polar surface area (TPSA) is 65.6 Å². The molecule has 2 aliphatic heterocycles. The first-order valence-electron chi connectivity index (χ1n) is 15.4. The van der Waals surface area contributed by atoms with Crippen LogP contribution in [0.1, 0.15) is 49.7 Å². The molecule has 0 aliphatic carbocycles. The van der Waals surface area contributed by atoms with Crippen LogP contribution in [0.4, 0.5) is 11.4 Å². The minimum absolute atomic E-state index is 0.538. The molecule has 8 nitrogen and oxygen atoms in total. The van der Waals surface area contributed by atoms with E-state index in [1.54, 1.807) is 10.1 Å². The summed E-state index contributed by atoms with van der Waals surface area (Å²) in [5.41, 5.74) is 5.14. The van der Waals surface area contributed by atoms with E-state index in [9.17, 15) is 9.59 Å². The van der Waals surface area contributed by atoms with Crippen LogP contribution in [0.3, 0.4) is 0 Å². The van der Waals surface area contributed by atoms with Gasteiger partial charge in [0.25, 0.3) is 0 Å². The van der Waals surface area contributed by atoms with Crippen molar-refractivity contribution in [1.29, 1.82) is 0 Å². The minimum Gasteiger partial charge on any atom is -0.378 e. The first kappa shape index (κ1) is 31.6. The molecule has 0 atom stereocenters. The van der Waals surface area contributed by atoms with Crippen molar-refractivity contribution in [2.75, 3.05) is 64.2 Å². The van der Waals surface area contributed by atoms with Crippen LogP contribution in [0.5, 0.6) is 0 Å². The molecule has 0 unspecified atom stereocenters. The lowest BCUT2D eigenvalue weighted by Gasteiger charge is -2.30. The average molecular weight is 577 g/mol. The van der Waals surface area contributed by atoms with Gasteiger partial charge in [-0.15, -0.1) is 10.1 Å². The second-order valence-electron chi connectivity index (χ2n) is 12.1. The number of piperidine rings is 2. The molecule has 42 heavy (non-hydrogen) atoms. The fourth-order valence-corrected chi connectivity index (χ4v) is 5.69. The lowest BCUT2D eigenvalue weighted by atomic mass is 9.91. The molecule has 2 heterocycles. The Morgan fingerprint density at radius 2 is 0.976 bits per heavy atom. The summed E-state index contributed by atoms with van der Waals surface area (Å²) in [6.45, 7) is 2.85. The summed E-state index contributed by atoms with van der Waals surface area (Å²) in [4.78, 5) is 39.7. The Bertz CT molecular complexity index is 1060. The summed E-state index contributed by atoms with van der Waals surface area (Å²) >= 11 is 0. The lowest BCUT2D eigenvalue weighted by Crippen LogP contribution is -2.36. The summed E-state index contributed by atoms with van der Waals surface area (Å²) in [5, 5.41) is 3.42. The van der Waals surface area contributed by atoms with E-state index in [-0.39, 0.29) is 0 Å². The second kappa shape index (κ2) is 15.8. The molecule has 2 saturated heterocycles. The molecule has 0 spiro atoms. The Morgan fingerprint density at radius 3 is 1.29 bits per heavy atom. The molecule has 2 fully saturated rings. The Hall–Kier alpha value is -3.36. The van der Waals surface area contributed by atoms with Crippen molar-refractivity contribution in [3.63, 3.8) is 0 Å². The Kier molecular flexibility index (Phi) is 11.8. The maximum absolute atomic E-state index is 12.3. The van der Waals surface area contributed by atoms with Gasteiger partial charge < -0.3 is 19.5 Å². The third-order valence-electron chi connectivity index (χ3n) is 8.53. The van der Waals surface area contributed by atoms with Crippen molar-refractivity contribution in [2.45, 2.75) is 51.4 Å². The van der Waals surface area contributed by atoms with Crippen LogP contribution in [0, 0.1) is 11.8 Å². The molecule has 0 radical (unpaired) electrons. The average Bonchev–Trinajstić information content (AvgIpc) is 3.00. The van der Waals surface area contributed by atoms with Gasteiger partial charge in [0.15, 0.2) is 0 Å². The van der Waals surface area contributed by atoms with Gasteiger partial charge >= 0.3 is 11.9 Å². The van der Waals surface area contributed by atoms with Gasteiger partial charge in [0, 0.05) is 77.9 Å². The van der Waals surface area contributed by atoms with E-state index in [4.69, 9.17) is 9.68 Å². The monoisotopic (exact) mass is 576 g/mol. The minimum atomic E-state index is -0.538. The molecule has 8 heteroatoms. The molecule has 2 aliphatic rings. The van der Waals surface area contributed by atoms with Gasteiger partial charge in [0.2, 0.25) is 0 Å². The van der Waals surface area contributed by atoms with Gasteiger partial charge in [-0.3, -0.25) is 0 Å². The van der Waals surface area contributed by atoms with Crippen LogP contribution in [0.2, 0.25) is 0 Å². The maximum atomic E-state index is 12.3. The zero-order valence-electron chi connectivity index (χ0n) is 25.8. The van der Waals surface area contributed by atoms with Crippen molar-refractivity contribution in [3.05, 3.63) is 71.8 Å². The SMILES string of the molecule is CN(C)c1ccc(CCC2CCN(OC(=O)/C=C/C(=O)ON3CCC(CCc4ccc(N(C)C)cc4)CC3)CC2)cc1. The number of anilines is 2. The molecule has 0 bridgehead atoms. The highest BCUT2D eigenvalue weighted by Crippen LogP contribution is 2.25. The van der Waals surface area contributed by atoms with E-state index >= 15 is 0 Å². The number of carbonyl (C=O) groups is 2. The highest BCUT2D eigenvalue weighted by atomic mass is 16.7. The quantitative estimate of drug-likeness (QED) is 0.316. The van der Waals surface area contributed by atoms with Crippen molar-refractivity contribution in [2.24, 2.45) is 11.8 Å². The summed E-state index contributed by atoms with van der Waals surface area (Å²) in [6.07, 6.45) is 10.7. The largest absolute Gasteiger partial charge is 0.378 e. The molecule has 228 valence electrons. The third-order valence-corrected chi connectivity index (χ3v) is 8.53. The van der Waals surface area contributed by atoms with Gasteiger partial charge in [0.05, 0.1) is 0 Å². The van der Waals surface area contributed by atoms with E-state index in [1.165, 1.54) is 34.7 Å². The fourth-order valence-electron chi connectivity index (χ4n) is 5.69. The maximum Gasteiger partial charge on any atom is 0.349 e. The predicted octanol–water partition coefficient (Wildman–Crippen LogP) is 5.28. The number of rotatable bonds is 12. The first-order chi connectivity index (χ1) is 20.2. The number of hydrogen-bond acceptors (Lipinski definition) is 8. The normalized spacial score (nSPS) is 17.3. The molecular weight excluding hydrogens is 528 g/mol. The predicted molar refractivity (Wildman–Crippen MR) is 168 cm³/mol. The number of hydroxylamine groups is 4. The number of aryl methyl sites for hydroxylation is 2. The molecule has 0 aromatic heterocycles. The third kappa shape index (κ3) is 10.2. The first-order valence-corrected chi connectivity index (χ1v) is 15.4. The van der Waals surface area contributed by atoms with Gasteiger partial charge in [0.1, 0.15) is 0 Å². The summed E-state index contributed by atoms with van der Waals surface area (Å²) in [7, 11) is 8.21. The lowest BCUT2D eigenvalue weighted by molar-refractivity contribution is -0.193. The van der Waals surface area contributed by atoms with Crippen LogP contribution in [-0.4, -0.2) is 76.4 Å². The Labute approximate surface area is 251 Å². The zero-order chi connectivity index (χ0) is 29.9. The molecule has 0 saturated carbocycles. The standard InChI is InChI=1S/C34H48N4O4/c1-35(2)31-13-9-27(10-14-31)5-7-29-19-23-37(24-20-29)41-33(39)17-18-34(40)42-38-25-21-30(22-26-38)8-6-28-11-15-32(16-12-28)36(3)4/h9-18,29-30H,5-8,19-26H2,1-4H3/b18-17+. The van der Waals surface area contributed by atoms with Crippen molar-refractivity contribution >= 4 is 23.3 Å².